The molecule has 8 heteroatoms. The molecule has 0 saturated carbocycles. The minimum atomic E-state index is -0.606. The minimum absolute atomic E-state index is 0.0729. The second kappa shape index (κ2) is 11.6. The third-order valence-electron chi connectivity index (χ3n) is 9.59. The lowest BCUT2D eigenvalue weighted by molar-refractivity contribution is -0.140. The summed E-state index contributed by atoms with van der Waals surface area (Å²) in [5.41, 5.74) is 2.51. The average molecular weight is 586 g/mol. The van der Waals surface area contributed by atoms with Crippen LogP contribution in [0.3, 0.4) is 0 Å². The standard InChI is InChI=1S/C33H42ClF2N3O2/c1-6-31(37-19(2)40)27-15-21(34)7-11-25(27)20-13-23-9-10-24(14-20)39(23)32(41)29-18-38(33(3,4)5)17-28(29)26-12-8-22(35)16-30(26)36/h7-8,11-12,15-16,20,23-24,28-29,31H,6,9-10,13-14,17-18H2,1-5H3,(H,37,40)/t20?,23?,24?,28-,29+,31?/m0/s1. The predicted octanol–water partition coefficient (Wildman–Crippen LogP) is 6.96. The smallest absolute Gasteiger partial charge is 0.228 e. The fraction of sp³-hybridized carbons (Fsp3) is 0.576. The summed E-state index contributed by atoms with van der Waals surface area (Å²) in [7, 11) is 0. The van der Waals surface area contributed by atoms with Crippen molar-refractivity contribution in [3.8, 4) is 0 Å². The third-order valence-corrected chi connectivity index (χ3v) is 9.82. The second-order valence-corrected chi connectivity index (χ2v) is 13.6. The van der Waals surface area contributed by atoms with Crippen LogP contribution in [0.5, 0.6) is 0 Å². The van der Waals surface area contributed by atoms with Crippen LogP contribution in [0, 0.1) is 17.6 Å². The van der Waals surface area contributed by atoms with Gasteiger partial charge < -0.3 is 10.2 Å². The second-order valence-electron chi connectivity index (χ2n) is 13.2. The Morgan fingerprint density at radius 2 is 1.68 bits per heavy atom. The van der Waals surface area contributed by atoms with E-state index in [4.69, 9.17) is 11.6 Å². The summed E-state index contributed by atoms with van der Waals surface area (Å²) in [5.74, 6) is -1.62. The van der Waals surface area contributed by atoms with Crippen LogP contribution in [0.4, 0.5) is 8.78 Å². The molecule has 0 spiro atoms. The van der Waals surface area contributed by atoms with Crippen LogP contribution in [0.15, 0.2) is 36.4 Å². The van der Waals surface area contributed by atoms with E-state index in [0.717, 1.165) is 43.7 Å². The van der Waals surface area contributed by atoms with E-state index in [9.17, 15) is 14.0 Å². The summed E-state index contributed by atoms with van der Waals surface area (Å²) in [6.07, 6.45) is 4.34. The Labute approximate surface area is 247 Å². The van der Waals surface area contributed by atoms with E-state index < -0.39 is 11.6 Å². The van der Waals surface area contributed by atoms with Crippen molar-refractivity contribution in [3.63, 3.8) is 0 Å². The highest BCUT2D eigenvalue weighted by Gasteiger charge is 2.50. The summed E-state index contributed by atoms with van der Waals surface area (Å²) in [6.45, 7) is 11.0. The summed E-state index contributed by atoms with van der Waals surface area (Å²) in [6, 6.07) is 9.83. The largest absolute Gasteiger partial charge is 0.350 e. The number of fused-ring (bicyclic) bond motifs is 2. The maximum absolute atomic E-state index is 15.0. The normalized spacial score (nSPS) is 27.2. The van der Waals surface area contributed by atoms with Crippen molar-refractivity contribution >= 4 is 23.4 Å². The molecule has 3 aliphatic rings. The van der Waals surface area contributed by atoms with Gasteiger partial charge in [0.1, 0.15) is 11.6 Å². The van der Waals surface area contributed by atoms with Gasteiger partial charge >= 0.3 is 0 Å². The zero-order valence-corrected chi connectivity index (χ0v) is 25.5. The molecule has 0 aliphatic carbocycles. The molecular weight excluding hydrogens is 544 g/mol. The Morgan fingerprint density at radius 3 is 2.27 bits per heavy atom. The lowest BCUT2D eigenvalue weighted by atomic mass is 9.80. The number of hydrogen-bond donors (Lipinski definition) is 1. The van der Waals surface area contributed by atoms with Crippen LogP contribution in [0.1, 0.15) is 101 Å². The molecule has 41 heavy (non-hydrogen) atoms. The highest BCUT2D eigenvalue weighted by molar-refractivity contribution is 6.30. The highest BCUT2D eigenvalue weighted by atomic mass is 35.5. The molecule has 3 saturated heterocycles. The fourth-order valence-corrected chi connectivity index (χ4v) is 7.75. The summed E-state index contributed by atoms with van der Waals surface area (Å²) < 4.78 is 28.8. The lowest BCUT2D eigenvalue weighted by Crippen LogP contribution is -2.50. The highest BCUT2D eigenvalue weighted by Crippen LogP contribution is 2.47. The van der Waals surface area contributed by atoms with Gasteiger partial charge in [-0.2, -0.15) is 0 Å². The number of amides is 2. The lowest BCUT2D eigenvalue weighted by Gasteiger charge is -2.42. The molecule has 5 nitrogen and oxygen atoms in total. The number of rotatable bonds is 6. The van der Waals surface area contributed by atoms with E-state index in [2.05, 4.69) is 48.9 Å². The van der Waals surface area contributed by atoms with Crippen molar-refractivity contribution in [3.05, 3.63) is 69.7 Å². The average Bonchev–Trinajstić information content (AvgIpc) is 3.46. The maximum Gasteiger partial charge on any atom is 0.228 e. The molecule has 0 radical (unpaired) electrons. The van der Waals surface area contributed by atoms with Crippen molar-refractivity contribution in [1.29, 1.82) is 0 Å². The number of hydrogen-bond acceptors (Lipinski definition) is 3. The first-order valence-electron chi connectivity index (χ1n) is 15.0. The molecule has 3 heterocycles. The van der Waals surface area contributed by atoms with E-state index in [1.165, 1.54) is 24.6 Å². The van der Waals surface area contributed by atoms with Gasteiger partial charge in [-0.3, -0.25) is 14.5 Å². The zero-order valence-electron chi connectivity index (χ0n) is 24.7. The van der Waals surface area contributed by atoms with Gasteiger partial charge in [-0.15, -0.1) is 0 Å². The van der Waals surface area contributed by atoms with Crippen LogP contribution in [-0.2, 0) is 9.59 Å². The number of likely N-dealkylation sites (tertiary alicyclic amines) is 1. The number of halogens is 3. The Balaban J connectivity index is 1.41. The first-order valence-corrected chi connectivity index (χ1v) is 15.3. The monoisotopic (exact) mass is 585 g/mol. The molecule has 1 N–H and O–H groups in total. The topological polar surface area (TPSA) is 52.7 Å². The van der Waals surface area contributed by atoms with Crippen LogP contribution < -0.4 is 5.32 Å². The number of benzene rings is 2. The molecule has 5 rings (SSSR count). The molecule has 2 bridgehead atoms. The number of piperidine rings is 1. The van der Waals surface area contributed by atoms with Gasteiger partial charge in [-0.1, -0.05) is 30.7 Å². The van der Waals surface area contributed by atoms with Crippen LogP contribution in [0.25, 0.3) is 0 Å². The quantitative estimate of drug-likeness (QED) is 0.399. The summed E-state index contributed by atoms with van der Waals surface area (Å²) >= 11 is 6.41. The van der Waals surface area contributed by atoms with E-state index in [1.54, 1.807) is 0 Å². The van der Waals surface area contributed by atoms with Crippen molar-refractivity contribution < 1.29 is 18.4 Å². The predicted molar refractivity (Wildman–Crippen MR) is 158 cm³/mol. The Morgan fingerprint density at radius 1 is 1.02 bits per heavy atom. The van der Waals surface area contributed by atoms with Crippen molar-refractivity contribution in [2.75, 3.05) is 13.1 Å². The first kappa shape index (κ1) is 30.0. The first-order chi connectivity index (χ1) is 19.4. The SMILES string of the molecule is CCC(NC(C)=O)c1cc(Cl)ccc1C1CC2CCC(C1)N2C(=O)[C@@H]1CN(C(C)(C)C)C[C@H]1c1ccc(F)cc1F. The van der Waals surface area contributed by atoms with Gasteiger partial charge in [-0.25, -0.2) is 8.78 Å². The minimum Gasteiger partial charge on any atom is -0.350 e. The van der Waals surface area contributed by atoms with Crippen molar-refractivity contribution in [2.45, 2.75) is 102 Å². The van der Waals surface area contributed by atoms with Gasteiger partial charge in [0.15, 0.2) is 0 Å². The van der Waals surface area contributed by atoms with Crippen LogP contribution >= 0.6 is 11.6 Å². The maximum atomic E-state index is 15.0. The van der Waals surface area contributed by atoms with Gasteiger partial charge in [0.2, 0.25) is 11.8 Å². The molecule has 2 aromatic rings. The van der Waals surface area contributed by atoms with Gasteiger partial charge in [0, 0.05) is 54.6 Å². The van der Waals surface area contributed by atoms with E-state index in [-0.39, 0.29) is 53.2 Å². The summed E-state index contributed by atoms with van der Waals surface area (Å²) in [5, 5.41) is 3.72. The van der Waals surface area contributed by atoms with Crippen LogP contribution in [-0.4, -0.2) is 52.3 Å². The molecule has 0 aromatic heterocycles. The molecule has 5 atom stereocenters. The van der Waals surface area contributed by atoms with Crippen LogP contribution in [0.2, 0.25) is 5.02 Å². The van der Waals surface area contributed by atoms with E-state index in [0.29, 0.717) is 23.7 Å². The van der Waals surface area contributed by atoms with E-state index >= 15 is 4.39 Å². The van der Waals surface area contributed by atoms with Gasteiger partial charge in [0.05, 0.1) is 12.0 Å². The molecule has 2 aromatic carbocycles. The number of nitrogens with zero attached hydrogens (tertiary/aromatic N) is 2. The van der Waals surface area contributed by atoms with Crippen molar-refractivity contribution in [1.82, 2.24) is 15.1 Å². The Hall–Kier alpha value is -2.51. The fourth-order valence-electron chi connectivity index (χ4n) is 7.57. The molecular formula is C33H42ClF2N3O2. The Kier molecular flexibility index (Phi) is 8.51. The number of carbonyl (C=O) groups is 2. The summed E-state index contributed by atoms with van der Waals surface area (Å²) in [4.78, 5) is 30.7. The van der Waals surface area contributed by atoms with E-state index in [1.807, 2.05) is 12.1 Å². The molecule has 222 valence electrons. The van der Waals surface area contributed by atoms with Gasteiger partial charge in [-0.05, 0) is 93.7 Å². The number of carbonyl (C=O) groups excluding carboxylic acids is 2. The molecule has 3 aliphatic heterocycles. The van der Waals surface area contributed by atoms with Crippen molar-refractivity contribution in [2.24, 2.45) is 5.92 Å². The molecule has 3 fully saturated rings. The molecule has 2 amide bonds. The Bertz CT molecular complexity index is 1300. The molecule has 3 unspecified atom stereocenters. The third kappa shape index (κ3) is 6.03. The number of nitrogens with one attached hydrogen (secondary N) is 1. The zero-order chi connectivity index (χ0) is 29.6. The van der Waals surface area contributed by atoms with Gasteiger partial charge in [0.25, 0.3) is 0 Å².